The lowest BCUT2D eigenvalue weighted by molar-refractivity contribution is 0.0955. The van der Waals surface area contributed by atoms with Gasteiger partial charge in [-0.05, 0) is 50.2 Å². The van der Waals surface area contributed by atoms with Crippen LogP contribution in [0.4, 0.5) is 0 Å². The Bertz CT molecular complexity index is 1180. The van der Waals surface area contributed by atoms with Crippen molar-refractivity contribution < 1.29 is 9.53 Å². The summed E-state index contributed by atoms with van der Waals surface area (Å²) in [5.74, 6) is 0.611. The fourth-order valence-electron chi connectivity index (χ4n) is 3.41. The number of carbonyl (C=O) groups excluding carboxylic acids is 1. The van der Waals surface area contributed by atoms with E-state index in [1.54, 1.807) is 29.3 Å². The van der Waals surface area contributed by atoms with Crippen LogP contribution in [0.25, 0.3) is 16.9 Å². The summed E-state index contributed by atoms with van der Waals surface area (Å²) in [6.45, 7) is 4.55. The van der Waals surface area contributed by atoms with Gasteiger partial charge >= 0.3 is 0 Å². The molecule has 4 aromatic rings. The van der Waals surface area contributed by atoms with Crippen molar-refractivity contribution in [3.05, 3.63) is 81.9 Å². The van der Waals surface area contributed by atoms with Gasteiger partial charge in [0.25, 0.3) is 5.91 Å². The zero-order chi connectivity index (χ0) is 21.8. The first-order valence-corrected chi connectivity index (χ1v) is 10.9. The molecule has 2 aromatic carbocycles. The first kappa shape index (κ1) is 20.8. The molecule has 1 amide bonds. The highest BCUT2D eigenvalue weighted by molar-refractivity contribution is 7.11. The molecule has 0 aliphatic heterocycles. The highest BCUT2D eigenvalue weighted by Gasteiger charge is 2.19. The number of nitrogens with one attached hydrogen (secondary N) is 1. The third-order valence-corrected chi connectivity index (χ3v) is 6.11. The number of para-hydroxylation sites is 1. The highest BCUT2D eigenvalue weighted by atomic mass is 32.1. The molecule has 1 N–H and O–H groups in total. The van der Waals surface area contributed by atoms with Gasteiger partial charge in [-0.2, -0.15) is 5.10 Å². The van der Waals surface area contributed by atoms with E-state index in [0.717, 1.165) is 34.1 Å². The van der Waals surface area contributed by atoms with Crippen molar-refractivity contribution in [2.75, 3.05) is 13.7 Å². The predicted octanol–water partition coefficient (Wildman–Crippen LogP) is 4.59. The number of ether oxygens (including phenoxy) is 1. The number of carbonyl (C=O) groups is 1. The van der Waals surface area contributed by atoms with Crippen molar-refractivity contribution in [2.24, 2.45) is 0 Å². The Morgan fingerprint density at radius 3 is 2.48 bits per heavy atom. The fourth-order valence-corrected chi connectivity index (χ4v) is 4.34. The molecule has 0 radical (unpaired) electrons. The van der Waals surface area contributed by atoms with E-state index < -0.39 is 0 Å². The van der Waals surface area contributed by atoms with Crippen LogP contribution >= 0.6 is 11.3 Å². The van der Waals surface area contributed by atoms with Crippen LogP contribution in [-0.2, 0) is 6.42 Å². The zero-order valence-electron chi connectivity index (χ0n) is 17.8. The topological polar surface area (TPSA) is 69.0 Å². The van der Waals surface area contributed by atoms with E-state index in [2.05, 4.69) is 10.3 Å². The number of methoxy groups -OCH3 is 1. The Morgan fingerprint density at radius 2 is 1.84 bits per heavy atom. The highest BCUT2D eigenvalue weighted by Crippen LogP contribution is 2.26. The molecular weight excluding hydrogens is 408 g/mol. The standard InChI is InChI=1S/C24H24N4O2S/c1-16-22(31-17(2)26-16)13-14-25-24(29)21-15-28(19-7-5-4-6-8-19)27-23(21)18-9-11-20(30-3)12-10-18/h4-12,15H,13-14H2,1-3H3,(H,25,29). The molecule has 0 atom stereocenters. The molecule has 2 heterocycles. The Balaban J connectivity index is 1.60. The van der Waals surface area contributed by atoms with Crippen LogP contribution in [0.2, 0.25) is 0 Å². The minimum atomic E-state index is -0.146. The van der Waals surface area contributed by atoms with Gasteiger partial charge in [0.05, 0.1) is 29.1 Å². The Labute approximate surface area is 185 Å². The van der Waals surface area contributed by atoms with Crippen molar-refractivity contribution in [1.82, 2.24) is 20.1 Å². The number of hydrogen-bond acceptors (Lipinski definition) is 5. The number of aromatic nitrogens is 3. The maximum atomic E-state index is 13.1. The Morgan fingerprint density at radius 1 is 1.10 bits per heavy atom. The van der Waals surface area contributed by atoms with Crippen LogP contribution in [0.5, 0.6) is 5.75 Å². The molecule has 0 fully saturated rings. The third-order valence-electron chi connectivity index (χ3n) is 4.98. The van der Waals surface area contributed by atoms with E-state index in [4.69, 9.17) is 9.84 Å². The summed E-state index contributed by atoms with van der Waals surface area (Å²) in [6, 6.07) is 17.3. The monoisotopic (exact) mass is 432 g/mol. The van der Waals surface area contributed by atoms with E-state index >= 15 is 0 Å². The van der Waals surface area contributed by atoms with Crippen LogP contribution in [0.3, 0.4) is 0 Å². The van der Waals surface area contributed by atoms with Gasteiger partial charge in [-0.1, -0.05) is 18.2 Å². The number of benzene rings is 2. The van der Waals surface area contributed by atoms with Gasteiger partial charge in [-0.3, -0.25) is 4.79 Å². The molecule has 0 saturated heterocycles. The molecule has 6 nitrogen and oxygen atoms in total. The number of aryl methyl sites for hydroxylation is 2. The molecule has 0 aliphatic rings. The van der Waals surface area contributed by atoms with E-state index in [1.165, 1.54) is 4.88 Å². The number of thiazole rings is 1. The van der Waals surface area contributed by atoms with Gasteiger partial charge in [-0.25, -0.2) is 9.67 Å². The van der Waals surface area contributed by atoms with Crippen LogP contribution in [-0.4, -0.2) is 34.3 Å². The third kappa shape index (κ3) is 4.67. The van der Waals surface area contributed by atoms with Gasteiger partial charge in [0.1, 0.15) is 11.4 Å². The number of amides is 1. The molecule has 0 saturated carbocycles. The second kappa shape index (κ2) is 9.14. The van der Waals surface area contributed by atoms with Crippen molar-refractivity contribution in [3.8, 4) is 22.7 Å². The number of rotatable bonds is 7. The predicted molar refractivity (Wildman–Crippen MR) is 123 cm³/mol. The van der Waals surface area contributed by atoms with Gasteiger partial charge in [0.15, 0.2) is 0 Å². The van der Waals surface area contributed by atoms with Crippen LogP contribution in [0, 0.1) is 13.8 Å². The lowest BCUT2D eigenvalue weighted by atomic mass is 10.1. The quantitative estimate of drug-likeness (QED) is 0.464. The summed E-state index contributed by atoms with van der Waals surface area (Å²) in [5.41, 5.74) is 3.95. The molecular formula is C24H24N4O2S. The molecule has 0 unspecified atom stereocenters. The van der Waals surface area contributed by atoms with Crippen molar-refractivity contribution in [3.63, 3.8) is 0 Å². The fraction of sp³-hybridized carbons (Fsp3) is 0.208. The Hall–Kier alpha value is -3.45. The molecule has 158 valence electrons. The average Bonchev–Trinajstić information content (AvgIpc) is 3.37. The first-order chi connectivity index (χ1) is 15.0. The van der Waals surface area contributed by atoms with Crippen LogP contribution in [0.15, 0.2) is 60.8 Å². The summed E-state index contributed by atoms with van der Waals surface area (Å²) < 4.78 is 7.00. The maximum absolute atomic E-state index is 13.1. The van der Waals surface area contributed by atoms with Crippen molar-refractivity contribution in [1.29, 1.82) is 0 Å². The minimum absolute atomic E-state index is 0.146. The van der Waals surface area contributed by atoms with Crippen molar-refractivity contribution in [2.45, 2.75) is 20.3 Å². The molecule has 7 heteroatoms. The lowest BCUT2D eigenvalue weighted by Crippen LogP contribution is -2.25. The Kier molecular flexibility index (Phi) is 6.13. The van der Waals surface area contributed by atoms with Crippen molar-refractivity contribution >= 4 is 17.2 Å². The zero-order valence-corrected chi connectivity index (χ0v) is 18.6. The van der Waals surface area contributed by atoms with Gasteiger partial charge in [-0.15, -0.1) is 11.3 Å². The molecule has 0 spiro atoms. The molecule has 0 bridgehead atoms. The van der Waals surface area contributed by atoms with E-state index in [9.17, 15) is 4.79 Å². The SMILES string of the molecule is COc1ccc(-c2nn(-c3ccccc3)cc2C(=O)NCCc2sc(C)nc2C)cc1. The largest absolute Gasteiger partial charge is 0.497 e. The summed E-state index contributed by atoms with van der Waals surface area (Å²) in [6.07, 6.45) is 2.54. The maximum Gasteiger partial charge on any atom is 0.255 e. The summed E-state index contributed by atoms with van der Waals surface area (Å²) >= 11 is 1.68. The van der Waals surface area contributed by atoms with Gasteiger partial charge in [0.2, 0.25) is 0 Å². The van der Waals surface area contributed by atoms with E-state index in [1.807, 2.05) is 68.4 Å². The summed E-state index contributed by atoms with van der Waals surface area (Å²) in [5, 5.41) is 8.81. The molecule has 2 aromatic heterocycles. The number of nitrogens with zero attached hydrogens (tertiary/aromatic N) is 3. The van der Waals surface area contributed by atoms with Gasteiger partial charge < -0.3 is 10.1 Å². The average molecular weight is 433 g/mol. The summed E-state index contributed by atoms with van der Waals surface area (Å²) in [4.78, 5) is 18.7. The second-order valence-corrected chi connectivity index (χ2v) is 8.44. The van der Waals surface area contributed by atoms with E-state index in [0.29, 0.717) is 17.8 Å². The normalized spacial score (nSPS) is 10.8. The minimum Gasteiger partial charge on any atom is -0.497 e. The smallest absolute Gasteiger partial charge is 0.255 e. The van der Waals surface area contributed by atoms with E-state index in [-0.39, 0.29) is 5.91 Å². The molecule has 4 rings (SSSR count). The van der Waals surface area contributed by atoms with Crippen LogP contribution in [0.1, 0.15) is 25.9 Å². The molecule has 0 aliphatic carbocycles. The first-order valence-electron chi connectivity index (χ1n) is 10.1. The van der Waals surface area contributed by atoms with Gasteiger partial charge in [0, 0.05) is 29.6 Å². The second-order valence-electron chi connectivity index (χ2n) is 7.15. The lowest BCUT2D eigenvalue weighted by Gasteiger charge is -2.06. The number of hydrogen-bond donors (Lipinski definition) is 1. The summed E-state index contributed by atoms with van der Waals surface area (Å²) in [7, 11) is 1.63. The van der Waals surface area contributed by atoms with Crippen LogP contribution < -0.4 is 10.1 Å². The molecule has 31 heavy (non-hydrogen) atoms.